The lowest BCUT2D eigenvalue weighted by Crippen LogP contribution is -1.96. The second kappa shape index (κ2) is 4.48. The van der Waals surface area contributed by atoms with Crippen LogP contribution < -0.4 is 0 Å². The van der Waals surface area contributed by atoms with Crippen molar-refractivity contribution in [2.75, 3.05) is 0 Å². The molecule has 0 aliphatic rings. The lowest BCUT2D eigenvalue weighted by Gasteiger charge is -2.01. The Labute approximate surface area is 90.0 Å². The Morgan fingerprint density at radius 2 is 2.07 bits per heavy atom. The number of benzene rings is 1. The van der Waals surface area contributed by atoms with E-state index in [-0.39, 0.29) is 9.45 Å². The summed E-state index contributed by atoms with van der Waals surface area (Å²) in [5, 5.41) is 0.906. The van der Waals surface area contributed by atoms with Crippen molar-refractivity contribution in [3.63, 3.8) is 0 Å². The Morgan fingerprint density at radius 3 is 2.71 bits per heavy atom. The average Bonchev–Trinajstić information content (AvgIpc) is 2.72. The molecule has 1 aromatic carbocycles. The van der Waals surface area contributed by atoms with Gasteiger partial charge in [-0.25, -0.2) is 4.98 Å². The number of rotatable bonds is 3. The molecule has 0 bridgehead atoms. The summed E-state index contributed by atoms with van der Waals surface area (Å²) in [7, 11) is -0.237. The van der Waals surface area contributed by atoms with Crippen LogP contribution in [-0.4, -0.2) is 9.97 Å². The molecule has 0 fully saturated rings. The Balaban J connectivity index is 2.10. The summed E-state index contributed by atoms with van der Waals surface area (Å²) in [5.74, 6) is 0.879. The van der Waals surface area contributed by atoms with E-state index in [1.807, 2.05) is 24.4 Å². The molecule has 1 heterocycles. The number of nitrogens with one attached hydrogen (secondary N) is 1. The van der Waals surface area contributed by atoms with Gasteiger partial charge in [0.25, 0.3) is 0 Å². The second-order valence-electron chi connectivity index (χ2n) is 2.87. The predicted molar refractivity (Wildman–Crippen MR) is 61.7 cm³/mol. The summed E-state index contributed by atoms with van der Waals surface area (Å²) in [4.78, 5) is 7.22. The minimum Gasteiger partial charge on any atom is -0.339 e. The average molecular weight is 222 g/mol. The molecule has 0 saturated heterocycles. The van der Waals surface area contributed by atoms with Gasteiger partial charge in [-0.05, 0) is 16.8 Å². The number of aromatic amines is 1. The van der Waals surface area contributed by atoms with Gasteiger partial charge >= 0.3 is 0 Å². The van der Waals surface area contributed by atoms with E-state index in [1.54, 1.807) is 6.20 Å². The molecule has 0 amide bonds. The van der Waals surface area contributed by atoms with Crippen molar-refractivity contribution in [3.05, 3.63) is 48.3 Å². The van der Waals surface area contributed by atoms with Crippen LogP contribution in [0.5, 0.6) is 0 Å². The molecule has 2 aromatic rings. The predicted octanol–water partition coefficient (Wildman–Crippen LogP) is 2.05. The van der Waals surface area contributed by atoms with Gasteiger partial charge in [0, 0.05) is 18.1 Å². The zero-order valence-electron chi connectivity index (χ0n) is 7.51. The third kappa shape index (κ3) is 2.27. The van der Waals surface area contributed by atoms with Gasteiger partial charge in [-0.2, -0.15) is 0 Å². The molecule has 1 aromatic heterocycles. The summed E-state index contributed by atoms with van der Waals surface area (Å²) >= 11 is 5.37. The van der Waals surface area contributed by atoms with Crippen LogP contribution in [0.15, 0.2) is 47.9 Å². The molecule has 0 saturated carbocycles. The second-order valence-corrected chi connectivity index (χ2v) is 5.44. The summed E-state index contributed by atoms with van der Waals surface area (Å²) in [5.41, 5.74) is 1.27. The largest absolute Gasteiger partial charge is 0.339 e. The molecule has 0 spiro atoms. The molecule has 0 aliphatic carbocycles. The molecule has 0 radical (unpaired) electrons. The van der Waals surface area contributed by atoms with Crippen LogP contribution >= 0.6 is 0 Å². The summed E-state index contributed by atoms with van der Waals surface area (Å²) in [6.07, 6.45) is 3.55. The molecule has 2 nitrogen and oxygen atoms in total. The van der Waals surface area contributed by atoms with Crippen LogP contribution in [0.2, 0.25) is 0 Å². The van der Waals surface area contributed by atoms with E-state index in [0.29, 0.717) is 0 Å². The number of hydrogen-bond acceptors (Lipinski definition) is 2. The topological polar surface area (TPSA) is 28.7 Å². The quantitative estimate of drug-likeness (QED) is 0.861. The summed E-state index contributed by atoms with van der Waals surface area (Å²) in [6, 6.07) is 10.3. The molecule has 1 unspecified atom stereocenters. The zero-order valence-corrected chi connectivity index (χ0v) is 9.15. The third-order valence-corrected chi connectivity index (χ3v) is 3.91. The van der Waals surface area contributed by atoms with Crippen molar-refractivity contribution in [1.82, 2.24) is 9.97 Å². The SMILES string of the molecule is S=S(Cc1ccccc1)c1ncc[nH]1. The summed E-state index contributed by atoms with van der Waals surface area (Å²) in [6.45, 7) is 0. The molecule has 0 aliphatic heterocycles. The zero-order chi connectivity index (χ0) is 9.80. The van der Waals surface area contributed by atoms with E-state index >= 15 is 0 Å². The molecular weight excluding hydrogens is 212 g/mol. The van der Waals surface area contributed by atoms with Crippen molar-refractivity contribution in [1.29, 1.82) is 0 Å². The van der Waals surface area contributed by atoms with E-state index in [9.17, 15) is 0 Å². The van der Waals surface area contributed by atoms with Gasteiger partial charge < -0.3 is 4.98 Å². The minimum atomic E-state index is -0.237. The fourth-order valence-electron chi connectivity index (χ4n) is 1.17. The van der Waals surface area contributed by atoms with Crippen molar-refractivity contribution in [2.45, 2.75) is 10.9 Å². The highest BCUT2D eigenvalue weighted by Crippen LogP contribution is 2.07. The molecule has 1 atom stereocenters. The van der Waals surface area contributed by atoms with Crippen molar-refractivity contribution in [3.8, 4) is 0 Å². The number of imidazole rings is 1. The van der Waals surface area contributed by atoms with Gasteiger partial charge in [0.15, 0.2) is 5.16 Å². The van der Waals surface area contributed by atoms with Gasteiger partial charge in [0.1, 0.15) is 0 Å². The standard InChI is InChI=1S/C10H10N2S2/c13-14(10-11-6-7-12-10)8-9-4-2-1-3-5-9/h1-7H,8H2,(H,11,12). The maximum absolute atomic E-state index is 5.37. The van der Waals surface area contributed by atoms with Gasteiger partial charge in [-0.3, -0.25) is 0 Å². The van der Waals surface area contributed by atoms with E-state index in [0.717, 1.165) is 10.9 Å². The molecule has 1 N–H and O–H groups in total. The van der Waals surface area contributed by atoms with Crippen molar-refractivity contribution in [2.24, 2.45) is 0 Å². The van der Waals surface area contributed by atoms with Gasteiger partial charge in [0.2, 0.25) is 0 Å². The number of H-pyrrole nitrogens is 1. The molecule has 2 rings (SSSR count). The van der Waals surface area contributed by atoms with E-state index in [1.165, 1.54) is 5.56 Å². The Kier molecular flexibility index (Phi) is 3.06. The lowest BCUT2D eigenvalue weighted by molar-refractivity contribution is 1.05. The number of hydrogen-bond donors (Lipinski definition) is 1. The monoisotopic (exact) mass is 222 g/mol. The maximum Gasteiger partial charge on any atom is 0.169 e. The molecule has 72 valence electrons. The van der Waals surface area contributed by atoms with E-state index in [4.69, 9.17) is 11.2 Å². The lowest BCUT2D eigenvalue weighted by atomic mass is 10.2. The Hall–Kier alpha value is -1.00. The van der Waals surface area contributed by atoms with Crippen LogP contribution in [0.1, 0.15) is 5.56 Å². The van der Waals surface area contributed by atoms with Crippen LogP contribution in [0.4, 0.5) is 0 Å². The van der Waals surface area contributed by atoms with Crippen LogP contribution in [0, 0.1) is 0 Å². The highest BCUT2D eigenvalue weighted by molar-refractivity contribution is 8.28. The van der Waals surface area contributed by atoms with Gasteiger partial charge in [0.05, 0.1) is 0 Å². The fourth-order valence-corrected chi connectivity index (χ4v) is 2.86. The highest BCUT2D eigenvalue weighted by atomic mass is 32.8. The molecule has 4 heteroatoms. The highest BCUT2D eigenvalue weighted by Gasteiger charge is 2.01. The van der Waals surface area contributed by atoms with Gasteiger partial charge in [-0.15, -0.1) is 0 Å². The molecule has 14 heavy (non-hydrogen) atoms. The first-order chi connectivity index (χ1) is 6.86. The van der Waals surface area contributed by atoms with Crippen LogP contribution in [-0.2, 0) is 26.4 Å². The number of aromatic nitrogens is 2. The third-order valence-electron chi connectivity index (χ3n) is 1.83. The molecular formula is C10H10N2S2. The van der Waals surface area contributed by atoms with E-state index in [2.05, 4.69) is 22.1 Å². The summed E-state index contributed by atoms with van der Waals surface area (Å²) < 4.78 is 0. The van der Waals surface area contributed by atoms with Crippen LogP contribution in [0.25, 0.3) is 0 Å². The fraction of sp³-hybridized carbons (Fsp3) is 0.100. The smallest absolute Gasteiger partial charge is 0.169 e. The number of nitrogens with zero attached hydrogens (tertiary/aromatic N) is 1. The first-order valence-corrected chi connectivity index (χ1v) is 6.60. The normalized spacial score (nSPS) is 12.6. The van der Waals surface area contributed by atoms with Crippen molar-refractivity contribution >= 4 is 20.6 Å². The first kappa shape index (κ1) is 9.55. The Morgan fingerprint density at radius 1 is 1.29 bits per heavy atom. The first-order valence-electron chi connectivity index (χ1n) is 4.28. The van der Waals surface area contributed by atoms with E-state index < -0.39 is 0 Å². The van der Waals surface area contributed by atoms with Crippen LogP contribution in [0.3, 0.4) is 0 Å². The van der Waals surface area contributed by atoms with Crippen molar-refractivity contribution < 1.29 is 0 Å². The maximum atomic E-state index is 5.37. The Bertz CT molecular complexity index is 409. The minimum absolute atomic E-state index is 0.237. The van der Waals surface area contributed by atoms with Gasteiger partial charge in [-0.1, -0.05) is 39.8 Å².